The van der Waals surface area contributed by atoms with Gasteiger partial charge in [-0.3, -0.25) is 9.59 Å². The Bertz CT molecular complexity index is 413. The molecule has 1 aromatic rings. The van der Waals surface area contributed by atoms with E-state index in [0.29, 0.717) is 5.69 Å². The van der Waals surface area contributed by atoms with Gasteiger partial charge in [-0.05, 0) is 25.7 Å². The third kappa shape index (κ3) is 3.04. The zero-order chi connectivity index (χ0) is 13.0. The van der Waals surface area contributed by atoms with Crippen molar-refractivity contribution in [3.8, 4) is 0 Å². The van der Waals surface area contributed by atoms with Gasteiger partial charge >= 0.3 is 5.97 Å². The number of esters is 1. The van der Waals surface area contributed by atoms with Crippen LogP contribution in [0.4, 0.5) is 0 Å². The summed E-state index contributed by atoms with van der Waals surface area (Å²) < 4.78 is 12.4. The fraction of sp³-hybridized carbons (Fsp3) is 0.636. The van der Waals surface area contributed by atoms with Crippen molar-refractivity contribution in [2.24, 2.45) is 5.92 Å². The molecule has 0 radical (unpaired) electrons. The van der Waals surface area contributed by atoms with Crippen molar-refractivity contribution < 1.29 is 14.3 Å². The molecule has 0 bridgehead atoms. The van der Waals surface area contributed by atoms with E-state index in [1.807, 2.05) is 0 Å². The van der Waals surface area contributed by atoms with E-state index in [4.69, 9.17) is 4.74 Å². The molecule has 0 aromatic carbocycles. The molecule has 1 aliphatic carbocycles. The molecule has 1 aliphatic rings. The van der Waals surface area contributed by atoms with Crippen LogP contribution in [0.5, 0.6) is 0 Å². The van der Waals surface area contributed by atoms with Crippen LogP contribution < -0.4 is 5.32 Å². The van der Waals surface area contributed by atoms with Gasteiger partial charge in [0.25, 0.3) is 5.91 Å². The van der Waals surface area contributed by atoms with E-state index >= 15 is 0 Å². The van der Waals surface area contributed by atoms with Crippen molar-refractivity contribution in [1.82, 2.24) is 14.1 Å². The Kier molecular flexibility index (Phi) is 4.24. The minimum absolute atomic E-state index is 0.0240. The van der Waals surface area contributed by atoms with Crippen molar-refractivity contribution in [1.29, 1.82) is 0 Å². The van der Waals surface area contributed by atoms with Gasteiger partial charge in [0.1, 0.15) is 0 Å². The number of nitrogens with zero attached hydrogens (tertiary/aromatic N) is 2. The quantitative estimate of drug-likeness (QED) is 0.828. The van der Waals surface area contributed by atoms with Gasteiger partial charge in [0.05, 0.1) is 31.0 Å². The minimum Gasteiger partial charge on any atom is -0.469 e. The highest BCUT2D eigenvalue weighted by Crippen LogP contribution is 2.25. The van der Waals surface area contributed by atoms with Crippen molar-refractivity contribution in [3.63, 3.8) is 0 Å². The number of hydrogen-bond donors (Lipinski definition) is 1. The van der Waals surface area contributed by atoms with Crippen LogP contribution in [-0.2, 0) is 9.53 Å². The Balaban J connectivity index is 1.80. The Labute approximate surface area is 109 Å². The summed E-state index contributed by atoms with van der Waals surface area (Å²) in [6.45, 7) is 0. The zero-order valence-electron chi connectivity index (χ0n) is 10.1. The standard InChI is InChI=1S/C11H15N3O3S/c1-17-11(16)7-2-4-8(5-3-7)13-10(15)9-6-12-18-14-9/h6-8H,2-5H2,1H3,(H,13,15). The number of ether oxygens (including phenoxy) is 1. The van der Waals surface area contributed by atoms with Crippen LogP contribution in [0.2, 0.25) is 0 Å². The summed E-state index contributed by atoms with van der Waals surface area (Å²) in [5, 5.41) is 2.91. The minimum atomic E-state index is -0.190. The molecule has 2 rings (SSSR count). The van der Waals surface area contributed by atoms with Crippen molar-refractivity contribution in [2.45, 2.75) is 31.7 Å². The van der Waals surface area contributed by atoms with Crippen molar-refractivity contribution >= 4 is 23.6 Å². The summed E-state index contributed by atoms with van der Waals surface area (Å²) >= 11 is 1.02. The first-order valence-corrected chi connectivity index (χ1v) is 6.60. The van der Waals surface area contributed by atoms with Gasteiger partial charge in [-0.15, -0.1) is 0 Å². The summed E-state index contributed by atoms with van der Waals surface area (Å²) in [5.74, 6) is -0.363. The predicted octanol–water partition coefficient (Wildman–Crippen LogP) is 1.000. The van der Waals surface area contributed by atoms with E-state index in [1.165, 1.54) is 13.3 Å². The summed E-state index contributed by atoms with van der Waals surface area (Å²) in [7, 11) is 1.41. The van der Waals surface area contributed by atoms with Gasteiger partial charge in [0, 0.05) is 6.04 Å². The van der Waals surface area contributed by atoms with Gasteiger partial charge in [0.2, 0.25) is 0 Å². The molecular weight excluding hydrogens is 254 g/mol. The van der Waals surface area contributed by atoms with Crippen molar-refractivity contribution in [2.75, 3.05) is 7.11 Å². The average Bonchev–Trinajstić information content (AvgIpc) is 2.92. The first-order chi connectivity index (χ1) is 8.70. The van der Waals surface area contributed by atoms with Gasteiger partial charge < -0.3 is 10.1 Å². The molecule has 0 spiro atoms. The number of carbonyl (C=O) groups is 2. The predicted molar refractivity (Wildman–Crippen MR) is 65.1 cm³/mol. The lowest BCUT2D eigenvalue weighted by molar-refractivity contribution is -0.146. The number of nitrogens with one attached hydrogen (secondary N) is 1. The smallest absolute Gasteiger partial charge is 0.308 e. The molecule has 1 N–H and O–H groups in total. The zero-order valence-corrected chi connectivity index (χ0v) is 10.9. The Morgan fingerprint density at radius 3 is 2.67 bits per heavy atom. The molecule has 7 heteroatoms. The third-order valence-electron chi connectivity index (χ3n) is 3.19. The van der Waals surface area contributed by atoms with Gasteiger partial charge in [0.15, 0.2) is 5.69 Å². The highest BCUT2D eigenvalue weighted by molar-refractivity contribution is 6.99. The van der Waals surface area contributed by atoms with Crippen LogP contribution in [0.15, 0.2) is 6.20 Å². The normalized spacial score (nSPS) is 23.4. The molecule has 6 nitrogen and oxygen atoms in total. The number of amides is 1. The SMILES string of the molecule is COC(=O)C1CCC(NC(=O)c2cnsn2)CC1. The highest BCUT2D eigenvalue weighted by atomic mass is 32.1. The molecule has 98 valence electrons. The summed E-state index contributed by atoms with van der Waals surface area (Å²) in [6, 6.07) is 0.111. The monoisotopic (exact) mass is 269 g/mol. The van der Waals surface area contributed by atoms with Crippen LogP contribution in [0, 0.1) is 5.92 Å². The molecule has 18 heavy (non-hydrogen) atoms. The Morgan fingerprint density at radius 2 is 2.11 bits per heavy atom. The third-order valence-corrected chi connectivity index (χ3v) is 3.67. The number of aromatic nitrogens is 2. The Hall–Kier alpha value is -1.50. The Morgan fingerprint density at radius 1 is 1.39 bits per heavy atom. The molecule has 0 saturated heterocycles. The maximum atomic E-state index is 11.7. The molecule has 0 aliphatic heterocycles. The van der Waals surface area contributed by atoms with Crippen LogP contribution in [-0.4, -0.2) is 33.8 Å². The maximum absolute atomic E-state index is 11.7. The largest absolute Gasteiger partial charge is 0.469 e. The molecule has 1 fully saturated rings. The second-order valence-corrected chi connectivity index (χ2v) is 4.89. The van der Waals surface area contributed by atoms with Gasteiger partial charge in [-0.25, -0.2) is 0 Å². The number of carbonyl (C=O) groups excluding carboxylic acids is 2. The van der Waals surface area contributed by atoms with Crippen LogP contribution in [0.3, 0.4) is 0 Å². The van der Waals surface area contributed by atoms with Gasteiger partial charge in [-0.1, -0.05) is 0 Å². The fourth-order valence-electron chi connectivity index (χ4n) is 2.16. The molecule has 0 unspecified atom stereocenters. The van der Waals surface area contributed by atoms with E-state index in [0.717, 1.165) is 37.4 Å². The molecule has 1 saturated carbocycles. The van der Waals surface area contributed by atoms with E-state index in [9.17, 15) is 9.59 Å². The van der Waals surface area contributed by atoms with E-state index in [1.54, 1.807) is 0 Å². The first kappa shape index (κ1) is 12.9. The molecule has 1 aromatic heterocycles. The van der Waals surface area contributed by atoms with E-state index < -0.39 is 0 Å². The summed E-state index contributed by atoms with van der Waals surface area (Å²) in [4.78, 5) is 23.1. The second-order valence-electron chi connectivity index (χ2n) is 4.34. The lowest BCUT2D eigenvalue weighted by Crippen LogP contribution is -2.39. The van der Waals surface area contributed by atoms with Crippen LogP contribution >= 0.6 is 11.7 Å². The molecule has 1 heterocycles. The number of hydrogen-bond acceptors (Lipinski definition) is 6. The van der Waals surface area contributed by atoms with Gasteiger partial charge in [-0.2, -0.15) is 8.75 Å². The maximum Gasteiger partial charge on any atom is 0.308 e. The summed E-state index contributed by atoms with van der Waals surface area (Å²) in [6.07, 6.45) is 4.56. The molecule has 0 atom stereocenters. The summed E-state index contributed by atoms with van der Waals surface area (Å²) in [5.41, 5.74) is 0.357. The fourth-order valence-corrected chi connectivity index (χ4v) is 2.58. The number of methoxy groups -OCH3 is 1. The van der Waals surface area contributed by atoms with E-state index in [2.05, 4.69) is 14.1 Å². The average molecular weight is 269 g/mol. The van der Waals surface area contributed by atoms with Crippen LogP contribution in [0.1, 0.15) is 36.2 Å². The first-order valence-electron chi connectivity index (χ1n) is 5.87. The van der Waals surface area contributed by atoms with E-state index in [-0.39, 0.29) is 23.8 Å². The lowest BCUT2D eigenvalue weighted by atomic mass is 9.86. The topological polar surface area (TPSA) is 81.2 Å². The molecule has 1 amide bonds. The number of rotatable bonds is 3. The van der Waals surface area contributed by atoms with Crippen molar-refractivity contribution in [3.05, 3.63) is 11.9 Å². The van der Waals surface area contributed by atoms with Crippen LogP contribution in [0.25, 0.3) is 0 Å². The lowest BCUT2D eigenvalue weighted by Gasteiger charge is -2.27. The second kappa shape index (κ2) is 5.90. The molecular formula is C11H15N3O3S. The highest BCUT2D eigenvalue weighted by Gasteiger charge is 2.28.